The average molecular weight is 376 g/mol. The van der Waals surface area contributed by atoms with Crippen LogP contribution in [0.2, 0.25) is 5.15 Å². The summed E-state index contributed by atoms with van der Waals surface area (Å²) in [5.74, 6) is 1.67. The monoisotopic (exact) mass is 375 g/mol. The molecule has 1 N–H and O–H groups in total. The lowest BCUT2D eigenvalue weighted by atomic mass is 9.96. The highest BCUT2D eigenvalue weighted by Crippen LogP contribution is 2.24. The Bertz CT molecular complexity index is 783. The third kappa shape index (κ3) is 4.47. The van der Waals surface area contributed by atoms with Gasteiger partial charge in [0.2, 0.25) is 5.91 Å². The zero-order valence-corrected chi connectivity index (χ0v) is 15.9. The minimum Gasteiger partial charge on any atom is -0.378 e. The molecule has 0 bridgehead atoms. The van der Waals surface area contributed by atoms with Gasteiger partial charge in [0.1, 0.15) is 16.8 Å². The molecule has 0 aromatic carbocycles. The van der Waals surface area contributed by atoms with Gasteiger partial charge < -0.3 is 15.0 Å². The molecule has 1 aliphatic heterocycles. The van der Waals surface area contributed by atoms with Crippen LogP contribution in [0.3, 0.4) is 0 Å². The Hall–Kier alpha value is -2.25. The second-order valence-corrected chi connectivity index (χ2v) is 7.50. The van der Waals surface area contributed by atoms with Crippen molar-refractivity contribution < 1.29 is 9.53 Å². The lowest BCUT2D eigenvalue weighted by Gasteiger charge is -2.28. The highest BCUT2D eigenvalue weighted by Gasteiger charge is 2.21. The molecule has 138 valence electrons. The number of rotatable bonds is 3. The summed E-state index contributed by atoms with van der Waals surface area (Å²) < 4.78 is 5.37. The molecule has 0 atom stereocenters. The van der Waals surface area contributed by atoms with E-state index >= 15 is 0 Å². The standard InChI is InChI=1S/C18H22ClN5O2/c1-18(2,3)17(25)22-14-5-4-12(11-20-14)16-21-13(19)10-15(23-16)24-6-8-26-9-7-24/h4-5,10-11H,6-9H2,1-3H3,(H,20,22,25). The van der Waals surface area contributed by atoms with E-state index in [1.165, 1.54) is 0 Å². The lowest BCUT2D eigenvalue weighted by molar-refractivity contribution is -0.123. The number of hydrogen-bond donors (Lipinski definition) is 1. The number of halogens is 1. The van der Waals surface area contributed by atoms with Crippen LogP contribution in [-0.2, 0) is 9.53 Å². The number of amides is 1. The van der Waals surface area contributed by atoms with Crippen LogP contribution < -0.4 is 10.2 Å². The quantitative estimate of drug-likeness (QED) is 0.830. The molecule has 3 heterocycles. The van der Waals surface area contributed by atoms with E-state index in [1.807, 2.05) is 26.8 Å². The molecule has 0 radical (unpaired) electrons. The van der Waals surface area contributed by atoms with Gasteiger partial charge in [0.05, 0.1) is 13.2 Å². The van der Waals surface area contributed by atoms with Gasteiger partial charge in [-0.1, -0.05) is 32.4 Å². The topological polar surface area (TPSA) is 80.2 Å². The largest absolute Gasteiger partial charge is 0.378 e. The fraction of sp³-hybridized carbons (Fsp3) is 0.444. The molecule has 7 nitrogen and oxygen atoms in total. The van der Waals surface area contributed by atoms with Gasteiger partial charge in [-0.15, -0.1) is 0 Å². The van der Waals surface area contributed by atoms with E-state index in [1.54, 1.807) is 18.3 Å². The predicted molar refractivity (Wildman–Crippen MR) is 101 cm³/mol. The molecule has 0 unspecified atom stereocenters. The van der Waals surface area contributed by atoms with E-state index in [0.29, 0.717) is 30.0 Å². The Morgan fingerprint density at radius 2 is 1.96 bits per heavy atom. The first kappa shape index (κ1) is 18.5. The maximum Gasteiger partial charge on any atom is 0.230 e. The Kier molecular flexibility index (Phi) is 5.38. The van der Waals surface area contributed by atoms with Crippen LogP contribution in [0, 0.1) is 5.41 Å². The van der Waals surface area contributed by atoms with Gasteiger partial charge in [0.25, 0.3) is 0 Å². The molecule has 1 fully saturated rings. The third-order valence-corrected chi connectivity index (χ3v) is 4.15. The Balaban J connectivity index is 1.80. The van der Waals surface area contributed by atoms with Crippen LogP contribution in [0.25, 0.3) is 11.4 Å². The summed E-state index contributed by atoms with van der Waals surface area (Å²) in [5, 5.41) is 3.17. The van der Waals surface area contributed by atoms with Gasteiger partial charge in [-0.3, -0.25) is 4.79 Å². The van der Waals surface area contributed by atoms with Crippen LogP contribution >= 0.6 is 11.6 Å². The number of anilines is 2. The first-order valence-corrected chi connectivity index (χ1v) is 8.86. The second kappa shape index (κ2) is 7.55. The lowest BCUT2D eigenvalue weighted by Crippen LogP contribution is -2.36. The smallest absolute Gasteiger partial charge is 0.230 e. The van der Waals surface area contributed by atoms with Gasteiger partial charge >= 0.3 is 0 Å². The zero-order chi connectivity index (χ0) is 18.7. The third-order valence-electron chi connectivity index (χ3n) is 3.96. The van der Waals surface area contributed by atoms with Gasteiger partial charge in [-0.05, 0) is 12.1 Å². The minimum atomic E-state index is -0.483. The molecular weight excluding hydrogens is 354 g/mol. The molecule has 2 aromatic heterocycles. The van der Waals surface area contributed by atoms with Crippen molar-refractivity contribution in [2.24, 2.45) is 5.41 Å². The maximum atomic E-state index is 12.0. The summed E-state index contributed by atoms with van der Waals surface area (Å²) in [6.07, 6.45) is 1.63. The summed E-state index contributed by atoms with van der Waals surface area (Å²) in [6, 6.07) is 5.30. The molecule has 3 rings (SSSR count). The van der Waals surface area contributed by atoms with E-state index in [2.05, 4.69) is 25.2 Å². The molecule has 26 heavy (non-hydrogen) atoms. The predicted octanol–water partition coefficient (Wildman–Crippen LogP) is 3.01. The van der Waals surface area contributed by atoms with E-state index in [9.17, 15) is 4.79 Å². The number of ether oxygens (including phenoxy) is 1. The summed E-state index contributed by atoms with van der Waals surface area (Å²) in [6.45, 7) is 8.42. The summed E-state index contributed by atoms with van der Waals surface area (Å²) in [5.41, 5.74) is 0.250. The fourth-order valence-corrected chi connectivity index (χ4v) is 2.57. The van der Waals surface area contributed by atoms with E-state index in [4.69, 9.17) is 16.3 Å². The maximum absolute atomic E-state index is 12.0. The first-order chi connectivity index (χ1) is 12.3. The van der Waals surface area contributed by atoms with Crippen LogP contribution in [0.4, 0.5) is 11.6 Å². The highest BCUT2D eigenvalue weighted by molar-refractivity contribution is 6.29. The number of carbonyl (C=O) groups is 1. The van der Waals surface area contributed by atoms with E-state index in [-0.39, 0.29) is 5.91 Å². The molecule has 1 amide bonds. The number of hydrogen-bond acceptors (Lipinski definition) is 6. The summed E-state index contributed by atoms with van der Waals surface area (Å²) in [4.78, 5) is 27.4. The number of aromatic nitrogens is 3. The Morgan fingerprint density at radius 3 is 2.58 bits per heavy atom. The van der Waals surface area contributed by atoms with Crippen molar-refractivity contribution in [3.63, 3.8) is 0 Å². The summed E-state index contributed by atoms with van der Waals surface area (Å²) in [7, 11) is 0. The van der Waals surface area contributed by atoms with Gasteiger partial charge in [0.15, 0.2) is 5.82 Å². The van der Waals surface area contributed by atoms with Crippen molar-refractivity contribution in [1.82, 2.24) is 15.0 Å². The SMILES string of the molecule is CC(C)(C)C(=O)Nc1ccc(-c2nc(Cl)cc(N3CCOCC3)n2)cn1. The van der Waals surface area contributed by atoms with Crippen LogP contribution in [0.5, 0.6) is 0 Å². The number of morpholine rings is 1. The molecule has 2 aromatic rings. The zero-order valence-electron chi connectivity index (χ0n) is 15.1. The normalized spacial score (nSPS) is 15.0. The van der Waals surface area contributed by atoms with Crippen molar-refractivity contribution in [2.45, 2.75) is 20.8 Å². The highest BCUT2D eigenvalue weighted by atomic mass is 35.5. The van der Waals surface area contributed by atoms with Crippen molar-refractivity contribution in [2.75, 3.05) is 36.5 Å². The van der Waals surface area contributed by atoms with Gasteiger partial charge in [-0.2, -0.15) is 0 Å². The average Bonchev–Trinajstić information content (AvgIpc) is 2.62. The van der Waals surface area contributed by atoms with Crippen LogP contribution in [0.1, 0.15) is 20.8 Å². The van der Waals surface area contributed by atoms with E-state index in [0.717, 1.165) is 24.5 Å². The number of carbonyl (C=O) groups excluding carboxylic acids is 1. The van der Waals surface area contributed by atoms with Crippen molar-refractivity contribution in [1.29, 1.82) is 0 Å². The number of pyridine rings is 1. The minimum absolute atomic E-state index is 0.0913. The van der Waals surface area contributed by atoms with Gasteiger partial charge in [-0.25, -0.2) is 15.0 Å². The molecule has 1 saturated heterocycles. The van der Waals surface area contributed by atoms with Crippen LogP contribution in [0.15, 0.2) is 24.4 Å². The molecule has 0 saturated carbocycles. The summed E-state index contributed by atoms with van der Waals surface area (Å²) >= 11 is 6.18. The molecule has 0 spiro atoms. The van der Waals surface area contributed by atoms with Crippen LogP contribution in [-0.4, -0.2) is 47.2 Å². The number of nitrogens with zero attached hydrogens (tertiary/aromatic N) is 4. The van der Waals surface area contributed by atoms with Gasteiger partial charge in [0, 0.05) is 36.3 Å². The second-order valence-electron chi connectivity index (χ2n) is 7.11. The number of nitrogens with one attached hydrogen (secondary N) is 1. The molecular formula is C18H22ClN5O2. The van der Waals surface area contributed by atoms with E-state index < -0.39 is 5.41 Å². The fourth-order valence-electron chi connectivity index (χ4n) is 2.39. The first-order valence-electron chi connectivity index (χ1n) is 8.48. The van der Waals surface area contributed by atoms with Crippen molar-refractivity contribution >= 4 is 29.1 Å². The molecule has 0 aliphatic carbocycles. The van der Waals surface area contributed by atoms with Crippen molar-refractivity contribution in [3.05, 3.63) is 29.5 Å². The molecule has 8 heteroatoms. The Labute approximate surface area is 157 Å². The Morgan fingerprint density at radius 1 is 1.23 bits per heavy atom. The van der Waals surface area contributed by atoms with Crippen molar-refractivity contribution in [3.8, 4) is 11.4 Å². The molecule has 1 aliphatic rings.